The van der Waals surface area contributed by atoms with Gasteiger partial charge in [-0.15, -0.1) is 0 Å². The number of rotatable bonds is 8. The van der Waals surface area contributed by atoms with Crippen molar-refractivity contribution in [2.24, 2.45) is 11.0 Å². The summed E-state index contributed by atoms with van der Waals surface area (Å²) in [6, 6.07) is 6.66. The number of ether oxygens (including phenoxy) is 1. The van der Waals surface area contributed by atoms with Gasteiger partial charge in [-0.1, -0.05) is 17.7 Å². The standard InChI is InChI=1S/C17H17ClN4O2/c18-16-14(24-15-7-12(10-23)5-6-21-15)4-3-13(17(16)22-19)9-20-8-11-1-2-11/h3-7,10-11,19-20H,1-2,8-9H2. The molecule has 1 aromatic carbocycles. The van der Waals surface area contributed by atoms with Gasteiger partial charge < -0.3 is 10.1 Å². The van der Waals surface area contributed by atoms with E-state index in [1.807, 2.05) is 6.07 Å². The third-order valence-corrected chi connectivity index (χ3v) is 4.20. The maximum Gasteiger partial charge on any atom is 0.219 e. The minimum Gasteiger partial charge on any atom is -0.437 e. The average Bonchev–Trinajstić information content (AvgIpc) is 3.42. The van der Waals surface area contributed by atoms with Crippen LogP contribution >= 0.6 is 11.6 Å². The number of aldehydes is 1. The van der Waals surface area contributed by atoms with Crippen LogP contribution in [0.5, 0.6) is 11.6 Å². The molecule has 0 aliphatic heterocycles. The lowest BCUT2D eigenvalue weighted by Gasteiger charge is -2.12. The minimum absolute atomic E-state index is 0.258. The zero-order valence-corrected chi connectivity index (χ0v) is 13.7. The summed E-state index contributed by atoms with van der Waals surface area (Å²) in [6.45, 7) is 1.57. The number of hydrogen-bond donors (Lipinski definition) is 2. The van der Waals surface area contributed by atoms with E-state index in [1.54, 1.807) is 12.1 Å². The van der Waals surface area contributed by atoms with Crippen molar-refractivity contribution in [1.29, 1.82) is 5.53 Å². The Hall–Kier alpha value is -2.31. The first-order chi connectivity index (χ1) is 11.7. The Morgan fingerprint density at radius 3 is 2.96 bits per heavy atom. The van der Waals surface area contributed by atoms with Crippen LogP contribution in [0.4, 0.5) is 5.69 Å². The van der Waals surface area contributed by atoms with Crippen LogP contribution in [0.1, 0.15) is 28.8 Å². The fraction of sp³-hybridized carbons (Fsp3) is 0.294. The number of aromatic nitrogens is 1. The van der Waals surface area contributed by atoms with Crippen LogP contribution in [0.2, 0.25) is 5.02 Å². The quantitative estimate of drug-likeness (QED) is 0.545. The number of hydrogen-bond acceptors (Lipinski definition) is 6. The minimum atomic E-state index is 0.258. The Labute approximate surface area is 144 Å². The summed E-state index contributed by atoms with van der Waals surface area (Å²) >= 11 is 6.33. The highest BCUT2D eigenvalue weighted by Gasteiger charge is 2.21. The van der Waals surface area contributed by atoms with Crippen molar-refractivity contribution in [1.82, 2.24) is 10.3 Å². The summed E-state index contributed by atoms with van der Waals surface area (Å²) in [5.41, 5.74) is 9.08. The number of carbonyl (C=O) groups is 1. The smallest absolute Gasteiger partial charge is 0.219 e. The third-order valence-electron chi connectivity index (χ3n) is 3.83. The molecule has 0 unspecified atom stereocenters. The number of benzene rings is 1. The molecule has 1 aromatic heterocycles. The molecular formula is C17H17ClN4O2. The zero-order valence-electron chi connectivity index (χ0n) is 13.0. The first kappa shape index (κ1) is 16.5. The van der Waals surface area contributed by atoms with E-state index in [1.165, 1.54) is 25.1 Å². The van der Waals surface area contributed by atoms with E-state index in [-0.39, 0.29) is 10.9 Å². The fourth-order valence-electron chi connectivity index (χ4n) is 2.33. The molecule has 0 amide bonds. The normalized spacial score (nSPS) is 13.5. The van der Waals surface area contributed by atoms with Gasteiger partial charge >= 0.3 is 0 Å². The topological polar surface area (TPSA) is 87.4 Å². The van der Waals surface area contributed by atoms with E-state index < -0.39 is 0 Å². The predicted octanol–water partition coefficient (Wildman–Crippen LogP) is 4.50. The molecule has 0 bridgehead atoms. The summed E-state index contributed by atoms with van der Waals surface area (Å²) in [5, 5.41) is 7.16. The van der Waals surface area contributed by atoms with Gasteiger partial charge in [-0.05, 0) is 43.0 Å². The van der Waals surface area contributed by atoms with Crippen molar-refractivity contribution in [2.45, 2.75) is 19.4 Å². The lowest BCUT2D eigenvalue weighted by atomic mass is 10.1. The lowest BCUT2D eigenvalue weighted by Crippen LogP contribution is -2.16. The summed E-state index contributed by atoms with van der Waals surface area (Å²) in [6.07, 6.45) is 4.76. The molecule has 7 heteroatoms. The molecular weight excluding hydrogens is 328 g/mol. The Morgan fingerprint density at radius 1 is 1.42 bits per heavy atom. The van der Waals surface area contributed by atoms with Crippen molar-refractivity contribution < 1.29 is 9.53 Å². The van der Waals surface area contributed by atoms with Gasteiger partial charge in [0.2, 0.25) is 5.88 Å². The maximum absolute atomic E-state index is 10.8. The largest absolute Gasteiger partial charge is 0.437 e. The predicted molar refractivity (Wildman–Crippen MR) is 90.4 cm³/mol. The van der Waals surface area contributed by atoms with Gasteiger partial charge in [0.05, 0.1) is 0 Å². The summed E-state index contributed by atoms with van der Waals surface area (Å²) < 4.78 is 5.64. The van der Waals surface area contributed by atoms with Crippen LogP contribution in [0.15, 0.2) is 35.6 Å². The Morgan fingerprint density at radius 2 is 2.25 bits per heavy atom. The van der Waals surface area contributed by atoms with Crippen LogP contribution in [-0.2, 0) is 6.54 Å². The summed E-state index contributed by atoms with van der Waals surface area (Å²) in [5.74, 6) is 1.39. The highest BCUT2D eigenvalue weighted by Crippen LogP contribution is 2.39. The van der Waals surface area contributed by atoms with Gasteiger partial charge in [-0.3, -0.25) is 4.79 Å². The second-order valence-corrected chi connectivity index (χ2v) is 6.10. The molecule has 0 radical (unpaired) electrons. The lowest BCUT2D eigenvalue weighted by molar-refractivity contribution is 0.112. The fourth-order valence-corrected chi connectivity index (χ4v) is 2.59. The number of halogens is 1. The van der Waals surface area contributed by atoms with Crippen LogP contribution < -0.4 is 10.1 Å². The van der Waals surface area contributed by atoms with Gasteiger partial charge in [0.15, 0.2) is 0 Å². The van der Waals surface area contributed by atoms with Crippen molar-refractivity contribution in [2.75, 3.05) is 6.54 Å². The van der Waals surface area contributed by atoms with Gasteiger partial charge in [0.25, 0.3) is 0 Å². The van der Waals surface area contributed by atoms with E-state index in [9.17, 15) is 4.79 Å². The third kappa shape index (κ3) is 3.96. The molecule has 24 heavy (non-hydrogen) atoms. The first-order valence-electron chi connectivity index (χ1n) is 7.70. The molecule has 0 atom stereocenters. The van der Waals surface area contributed by atoms with Crippen LogP contribution in [-0.4, -0.2) is 17.8 Å². The SMILES string of the molecule is N=Nc1c(CNCC2CC2)ccc(Oc2cc(C=O)ccn2)c1Cl. The van der Waals surface area contributed by atoms with Gasteiger partial charge in [0.1, 0.15) is 22.7 Å². The first-order valence-corrected chi connectivity index (χ1v) is 8.07. The molecule has 2 aromatic rings. The number of nitrogens with zero attached hydrogens (tertiary/aromatic N) is 2. The monoisotopic (exact) mass is 344 g/mol. The van der Waals surface area contributed by atoms with Crippen LogP contribution in [0.3, 0.4) is 0 Å². The molecule has 1 fully saturated rings. The number of nitrogens with one attached hydrogen (secondary N) is 2. The average molecular weight is 345 g/mol. The van der Waals surface area contributed by atoms with Crippen molar-refractivity contribution in [3.8, 4) is 11.6 Å². The Balaban J connectivity index is 1.77. The Bertz CT molecular complexity index is 762. The molecule has 1 heterocycles. The number of carbonyl (C=O) groups excluding carboxylic acids is 1. The highest BCUT2D eigenvalue weighted by molar-refractivity contribution is 6.34. The van der Waals surface area contributed by atoms with E-state index in [2.05, 4.69) is 15.4 Å². The van der Waals surface area contributed by atoms with Gasteiger partial charge in [-0.2, -0.15) is 5.11 Å². The molecule has 1 aliphatic carbocycles. The maximum atomic E-state index is 10.8. The highest BCUT2D eigenvalue weighted by atomic mass is 35.5. The molecule has 6 nitrogen and oxygen atoms in total. The molecule has 0 saturated heterocycles. The molecule has 1 saturated carbocycles. The molecule has 124 valence electrons. The molecule has 3 rings (SSSR count). The van der Waals surface area contributed by atoms with E-state index in [4.69, 9.17) is 21.9 Å². The molecule has 1 aliphatic rings. The second-order valence-electron chi connectivity index (χ2n) is 5.72. The van der Waals surface area contributed by atoms with Crippen LogP contribution in [0, 0.1) is 11.4 Å². The summed E-state index contributed by atoms with van der Waals surface area (Å²) in [4.78, 5) is 14.9. The zero-order chi connectivity index (χ0) is 16.9. The van der Waals surface area contributed by atoms with Gasteiger partial charge in [0, 0.05) is 24.4 Å². The molecule has 0 spiro atoms. The van der Waals surface area contributed by atoms with E-state index >= 15 is 0 Å². The van der Waals surface area contributed by atoms with Crippen LogP contribution in [0.25, 0.3) is 0 Å². The molecule has 2 N–H and O–H groups in total. The van der Waals surface area contributed by atoms with Crippen molar-refractivity contribution >= 4 is 23.6 Å². The second kappa shape index (κ2) is 7.51. The van der Waals surface area contributed by atoms with Crippen molar-refractivity contribution in [3.05, 3.63) is 46.6 Å². The van der Waals surface area contributed by atoms with Crippen molar-refractivity contribution in [3.63, 3.8) is 0 Å². The number of pyridine rings is 1. The summed E-state index contributed by atoms with van der Waals surface area (Å²) in [7, 11) is 0. The van der Waals surface area contributed by atoms with E-state index in [0.717, 1.165) is 24.3 Å². The van der Waals surface area contributed by atoms with E-state index in [0.29, 0.717) is 23.5 Å². The Kier molecular flexibility index (Phi) is 5.17. The van der Waals surface area contributed by atoms with Gasteiger partial charge in [-0.25, -0.2) is 10.5 Å².